The minimum Gasteiger partial charge on any atom is -0.507 e. The molecule has 5 fully saturated rings. The van der Waals surface area contributed by atoms with E-state index >= 15 is 0 Å². The molecule has 0 unspecified atom stereocenters. The number of aliphatic hydroxyl groups is 1. The van der Waals surface area contributed by atoms with Crippen molar-refractivity contribution in [2.75, 3.05) is 81.2 Å². The van der Waals surface area contributed by atoms with E-state index in [1.54, 1.807) is 24.4 Å². The predicted octanol–water partition coefficient (Wildman–Crippen LogP) is 5.45. The number of nitrogen functional groups attached to an aromatic ring is 1. The number of nitrogens with one attached hydrogen (secondary N) is 1. The number of aliphatic hydroxyl groups excluding tert-OH is 1. The van der Waals surface area contributed by atoms with Crippen LogP contribution >= 0.6 is 0 Å². The normalized spacial score (nSPS) is 22.3. The van der Waals surface area contributed by atoms with Crippen LogP contribution in [0.15, 0.2) is 95.9 Å². The number of nitrogens with two attached hydrogens (primary N) is 1. The molecule has 4 atom stereocenters. The van der Waals surface area contributed by atoms with Crippen molar-refractivity contribution < 1.29 is 43.3 Å². The number of amides is 2. The summed E-state index contributed by atoms with van der Waals surface area (Å²) in [6.45, 7) is 13.8. The first-order chi connectivity index (χ1) is 37.8. The Hall–Kier alpha value is -7.33. The van der Waals surface area contributed by atoms with Crippen molar-refractivity contribution in [2.45, 2.75) is 108 Å². The summed E-state index contributed by atoms with van der Waals surface area (Å²) in [6.07, 6.45) is 8.56. The lowest BCUT2D eigenvalue weighted by molar-refractivity contribution is -0.141. The third-order valence-electron chi connectivity index (χ3n) is 16.1. The number of hydrogen-bond acceptors (Lipinski definition) is 18. The van der Waals surface area contributed by atoms with Gasteiger partial charge in [0.25, 0.3) is 5.88 Å². The number of benzene rings is 2. The van der Waals surface area contributed by atoms with Crippen LogP contribution in [-0.2, 0) is 19.1 Å². The van der Waals surface area contributed by atoms with Crippen LogP contribution in [0.25, 0.3) is 16.9 Å². The third kappa shape index (κ3) is 11.2. The first kappa shape index (κ1) is 52.7. The van der Waals surface area contributed by atoms with E-state index in [-0.39, 0.29) is 66.3 Å². The van der Waals surface area contributed by atoms with Crippen LogP contribution < -0.4 is 30.3 Å². The first-order valence-electron chi connectivity index (χ1n) is 27.3. The number of nitrogens with zero attached hydrogens (tertiary/aromatic N) is 10. The zero-order valence-electron chi connectivity index (χ0n) is 44.7. The summed E-state index contributed by atoms with van der Waals surface area (Å²) in [5.41, 5.74) is 11.0. The van der Waals surface area contributed by atoms with Crippen molar-refractivity contribution in [3.63, 3.8) is 0 Å². The Morgan fingerprint density at radius 3 is 2.41 bits per heavy atom. The second-order valence-corrected chi connectivity index (χ2v) is 21.9. The van der Waals surface area contributed by atoms with Crippen LogP contribution in [-0.4, -0.2) is 163 Å². The SMILES string of the molecule is Cc1nccn1-c1ccc([C@H](C)NC(=O)[C@@H]2C[C@@H](O)CN2C(=O)[C@H](c2cc(OCCN3CCC(O[C@H]4C[C@H](Oc5cc(N6CCN(c7cc(-c8ccccc8O)nnc7N)CC67COC7)ccn5)C4)CC3)no2)C(C)C)cc1. The van der Waals surface area contributed by atoms with Crippen molar-refractivity contribution in [1.29, 1.82) is 0 Å². The van der Waals surface area contributed by atoms with Crippen molar-refractivity contribution in [1.82, 2.24) is 45.0 Å². The molecule has 412 valence electrons. The molecule has 4 aliphatic heterocycles. The number of rotatable bonds is 18. The number of ether oxygens (including phenoxy) is 4. The topological polar surface area (TPSA) is 245 Å². The highest BCUT2D eigenvalue weighted by Crippen LogP contribution is 2.40. The maximum atomic E-state index is 14.3. The zero-order chi connectivity index (χ0) is 54.1. The van der Waals surface area contributed by atoms with E-state index in [1.165, 1.54) is 4.90 Å². The van der Waals surface area contributed by atoms with Gasteiger partial charge < -0.3 is 64.0 Å². The Morgan fingerprint density at radius 2 is 1.68 bits per heavy atom. The average Bonchev–Trinajstić information content (AvgIpc) is 4.31. The fraction of sp³-hybridized carbons (Fsp3) is 0.491. The van der Waals surface area contributed by atoms with Crippen LogP contribution in [0, 0.1) is 12.8 Å². The molecule has 5 N–H and O–H groups in total. The average molecular weight is 1070 g/mol. The van der Waals surface area contributed by atoms with Gasteiger partial charge in [-0.1, -0.05) is 38.1 Å². The van der Waals surface area contributed by atoms with Gasteiger partial charge in [-0.2, -0.15) is 0 Å². The van der Waals surface area contributed by atoms with Gasteiger partial charge in [0.1, 0.15) is 41.8 Å². The molecular weight excluding hydrogens is 997 g/mol. The number of phenolic OH excluding ortho intramolecular Hbond substituents is 1. The number of piperidine rings is 1. The number of aromatic nitrogens is 6. The Labute approximate surface area is 453 Å². The molecule has 4 aromatic heterocycles. The number of anilines is 3. The van der Waals surface area contributed by atoms with Crippen LogP contribution in [0.2, 0.25) is 0 Å². The van der Waals surface area contributed by atoms with E-state index in [9.17, 15) is 19.8 Å². The van der Waals surface area contributed by atoms with Gasteiger partial charge in [-0.3, -0.25) is 14.5 Å². The van der Waals surface area contributed by atoms with Crippen LogP contribution in [0.1, 0.15) is 82.0 Å². The van der Waals surface area contributed by atoms with E-state index in [2.05, 4.69) is 45.3 Å². The smallest absolute Gasteiger partial charge is 0.254 e. The van der Waals surface area contributed by atoms with Gasteiger partial charge in [0.2, 0.25) is 17.7 Å². The summed E-state index contributed by atoms with van der Waals surface area (Å²) in [4.78, 5) is 45.4. The molecule has 0 bridgehead atoms. The molecule has 1 spiro atoms. The Morgan fingerprint density at radius 1 is 0.885 bits per heavy atom. The lowest BCUT2D eigenvalue weighted by Crippen LogP contribution is -2.72. The van der Waals surface area contributed by atoms with Gasteiger partial charge in [-0.25, -0.2) is 9.97 Å². The fourth-order valence-electron chi connectivity index (χ4n) is 11.7. The molecule has 5 aliphatic rings. The van der Waals surface area contributed by atoms with Crippen molar-refractivity contribution >= 4 is 29.0 Å². The number of phenols is 1. The van der Waals surface area contributed by atoms with Gasteiger partial charge in [0, 0.05) is 113 Å². The fourth-order valence-corrected chi connectivity index (χ4v) is 11.7. The number of piperazine rings is 1. The van der Waals surface area contributed by atoms with Crippen molar-refractivity contribution in [2.24, 2.45) is 5.92 Å². The lowest BCUT2D eigenvalue weighted by Gasteiger charge is -2.56. The van der Waals surface area contributed by atoms with E-state index in [4.69, 9.17) is 29.2 Å². The number of pyridine rings is 1. The number of carbonyl (C=O) groups is 2. The van der Waals surface area contributed by atoms with Gasteiger partial charge in [-0.15, -0.1) is 10.2 Å². The molecule has 21 heteroatoms. The summed E-state index contributed by atoms with van der Waals surface area (Å²) >= 11 is 0. The summed E-state index contributed by atoms with van der Waals surface area (Å²) in [6, 6.07) is 21.4. The second kappa shape index (κ2) is 22.6. The first-order valence-corrected chi connectivity index (χ1v) is 27.3. The highest BCUT2D eigenvalue weighted by molar-refractivity contribution is 5.91. The molecule has 1 aliphatic carbocycles. The zero-order valence-corrected chi connectivity index (χ0v) is 44.7. The summed E-state index contributed by atoms with van der Waals surface area (Å²) < 4.78 is 32.6. The van der Waals surface area contributed by atoms with Gasteiger partial charge in [-0.05, 0) is 79.7 Å². The minimum atomic E-state index is -0.839. The quantitative estimate of drug-likeness (QED) is 0.0836. The molecule has 2 amide bonds. The largest absolute Gasteiger partial charge is 0.507 e. The summed E-state index contributed by atoms with van der Waals surface area (Å²) in [5, 5.41) is 37.0. The molecule has 0 radical (unpaired) electrons. The number of hydrogen-bond donors (Lipinski definition) is 4. The number of likely N-dealkylation sites (tertiary alicyclic amines) is 2. The predicted molar refractivity (Wildman–Crippen MR) is 289 cm³/mol. The highest BCUT2D eigenvalue weighted by Gasteiger charge is 2.49. The van der Waals surface area contributed by atoms with Crippen molar-refractivity contribution in [3.05, 3.63) is 109 Å². The molecule has 78 heavy (non-hydrogen) atoms. The molecular formula is C57H70N12O9. The molecule has 6 aromatic rings. The minimum absolute atomic E-state index is 0.0266. The summed E-state index contributed by atoms with van der Waals surface area (Å²) in [5.74, 6) is 1.07. The molecule has 11 rings (SSSR count). The van der Waals surface area contributed by atoms with Gasteiger partial charge in [0.15, 0.2) is 11.6 Å². The number of para-hydroxylation sites is 1. The van der Waals surface area contributed by atoms with Gasteiger partial charge in [0.05, 0.1) is 48.9 Å². The molecule has 2 aromatic carbocycles. The molecule has 1 saturated carbocycles. The molecule has 21 nitrogen and oxygen atoms in total. The monoisotopic (exact) mass is 1070 g/mol. The maximum Gasteiger partial charge on any atom is 0.254 e. The third-order valence-corrected chi connectivity index (χ3v) is 16.1. The Kier molecular flexibility index (Phi) is 15.2. The van der Waals surface area contributed by atoms with Crippen molar-refractivity contribution in [3.8, 4) is 34.5 Å². The standard InChI is InChI=1S/C57H70N12O9/c1-35(2)53(56(73)68-31-41(70)26-48(68)55(72)61-36(3)38-9-11-39(12-10-38)67-20-17-59-37(67)4)50-30-52(64-78-50)75-24-23-65-18-14-42(15-19-65)76-43-27-44(28-43)77-51-25-40(13-16-60-51)69-22-21-66(32-57(69)33-74-34-57)47-29-46(62-63-54(47)58)45-7-5-6-8-49(45)71/h5-13,16-17,20,25,29-30,35-36,41-44,48,53,70-71H,14-15,18-19,21-24,26-28,31-34H2,1-4H3,(H2,58,63)(H,61,72)/t36-,41+,43-,44-,48-,53-/m0/s1. The van der Waals surface area contributed by atoms with E-state index in [1.807, 2.05) is 99.3 Å². The number of aromatic hydroxyl groups is 1. The number of carbonyl (C=O) groups excluding carboxylic acids is 2. The Bertz CT molecular complexity index is 3040. The summed E-state index contributed by atoms with van der Waals surface area (Å²) in [7, 11) is 0. The van der Waals surface area contributed by atoms with Crippen LogP contribution in [0.3, 0.4) is 0 Å². The molecule has 8 heterocycles. The molecule has 4 saturated heterocycles. The van der Waals surface area contributed by atoms with Crippen LogP contribution in [0.5, 0.6) is 17.5 Å². The highest BCUT2D eigenvalue weighted by atomic mass is 16.5. The number of β-amino-alcohol motifs (C(OH)–C–C–N with tert-alkyl or cyclic N) is 1. The van der Waals surface area contributed by atoms with E-state index in [0.717, 1.165) is 73.8 Å². The van der Waals surface area contributed by atoms with Gasteiger partial charge >= 0.3 is 0 Å². The number of imidazole rings is 1. The maximum absolute atomic E-state index is 14.3. The second-order valence-electron chi connectivity index (χ2n) is 21.9. The Balaban J connectivity index is 0.605. The lowest BCUT2D eigenvalue weighted by atomic mass is 9.90. The number of aryl methyl sites for hydroxylation is 1. The van der Waals surface area contributed by atoms with Crippen LogP contribution in [0.4, 0.5) is 17.2 Å². The van der Waals surface area contributed by atoms with E-state index < -0.39 is 18.1 Å². The van der Waals surface area contributed by atoms with E-state index in [0.29, 0.717) is 74.1 Å².